The minimum atomic E-state index is -0.643. The molecule has 18 heavy (non-hydrogen) atoms. The van der Waals surface area contributed by atoms with Crippen molar-refractivity contribution in [2.45, 2.75) is 13.5 Å². The van der Waals surface area contributed by atoms with E-state index in [9.17, 15) is 4.39 Å². The van der Waals surface area contributed by atoms with Crippen molar-refractivity contribution in [2.24, 2.45) is 0 Å². The molecule has 5 nitrogen and oxygen atoms in total. The predicted molar refractivity (Wildman–Crippen MR) is 70.9 cm³/mol. The summed E-state index contributed by atoms with van der Waals surface area (Å²) in [6.07, 6.45) is 1.66. The maximum atomic E-state index is 13.9. The third-order valence-corrected chi connectivity index (χ3v) is 3.04. The number of H-pyrrole nitrogens is 1. The fourth-order valence-electron chi connectivity index (χ4n) is 1.58. The van der Waals surface area contributed by atoms with E-state index >= 15 is 0 Å². The van der Waals surface area contributed by atoms with Gasteiger partial charge in [0, 0.05) is 17.8 Å². The Morgan fingerprint density at radius 1 is 1.44 bits per heavy atom. The van der Waals surface area contributed by atoms with Crippen LogP contribution in [0, 0.1) is 12.7 Å². The number of nitrogens with two attached hydrogens (primary N) is 2. The van der Waals surface area contributed by atoms with Crippen LogP contribution in [-0.2, 0) is 6.54 Å². The average Bonchev–Trinajstić information content (AvgIpc) is 2.72. The molecule has 2 aromatic rings. The van der Waals surface area contributed by atoms with Gasteiger partial charge < -0.3 is 16.8 Å². The molecule has 0 spiro atoms. The summed E-state index contributed by atoms with van der Waals surface area (Å²) in [5.74, 6) is -0.643. The van der Waals surface area contributed by atoms with E-state index in [-0.39, 0.29) is 22.1 Å². The lowest BCUT2D eigenvalue weighted by molar-refractivity contribution is 0.632. The van der Waals surface area contributed by atoms with E-state index in [0.717, 1.165) is 11.3 Å². The minimum Gasteiger partial charge on any atom is -0.397 e. The van der Waals surface area contributed by atoms with Gasteiger partial charge in [0.05, 0.1) is 23.3 Å². The Morgan fingerprint density at radius 3 is 2.78 bits per heavy atom. The van der Waals surface area contributed by atoms with Gasteiger partial charge in [-0.2, -0.15) is 5.10 Å². The molecule has 0 saturated heterocycles. The number of anilines is 3. The van der Waals surface area contributed by atoms with Gasteiger partial charge in [-0.15, -0.1) is 0 Å². The van der Waals surface area contributed by atoms with Crippen LogP contribution >= 0.6 is 11.6 Å². The summed E-state index contributed by atoms with van der Waals surface area (Å²) >= 11 is 5.73. The van der Waals surface area contributed by atoms with Crippen molar-refractivity contribution >= 4 is 28.7 Å². The molecule has 0 aliphatic rings. The molecule has 0 amide bonds. The van der Waals surface area contributed by atoms with Gasteiger partial charge in [0.1, 0.15) is 5.02 Å². The van der Waals surface area contributed by atoms with E-state index in [1.165, 1.54) is 6.07 Å². The summed E-state index contributed by atoms with van der Waals surface area (Å²) in [5.41, 5.74) is 13.5. The van der Waals surface area contributed by atoms with Crippen molar-refractivity contribution < 1.29 is 4.39 Å². The van der Waals surface area contributed by atoms with E-state index in [4.69, 9.17) is 23.1 Å². The molecule has 1 aromatic heterocycles. The Kier molecular flexibility index (Phi) is 3.29. The number of aryl methyl sites for hydroxylation is 1. The summed E-state index contributed by atoms with van der Waals surface area (Å²) in [4.78, 5) is 0. The lowest BCUT2D eigenvalue weighted by Crippen LogP contribution is -2.06. The van der Waals surface area contributed by atoms with Crippen LogP contribution in [-0.4, -0.2) is 10.2 Å². The van der Waals surface area contributed by atoms with Crippen LogP contribution in [0.1, 0.15) is 11.3 Å². The molecular weight excluding hydrogens is 257 g/mol. The van der Waals surface area contributed by atoms with Gasteiger partial charge in [-0.25, -0.2) is 4.39 Å². The lowest BCUT2D eigenvalue weighted by Gasteiger charge is -2.12. The van der Waals surface area contributed by atoms with E-state index < -0.39 is 5.82 Å². The van der Waals surface area contributed by atoms with Crippen molar-refractivity contribution in [3.05, 3.63) is 34.4 Å². The van der Waals surface area contributed by atoms with Gasteiger partial charge in [-0.05, 0) is 13.0 Å². The summed E-state index contributed by atoms with van der Waals surface area (Å²) in [7, 11) is 0. The third-order valence-electron chi connectivity index (χ3n) is 2.66. The lowest BCUT2D eigenvalue weighted by atomic mass is 10.2. The molecule has 1 aromatic carbocycles. The molecule has 7 heteroatoms. The number of halogens is 2. The highest BCUT2D eigenvalue weighted by molar-refractivity contribution is 6.33. The number of hydrogen-bond donors (Lipinski definition) is 4. The largest absolute Gasteiger partial charge is 0.397 e. The van der Waals surface area contributed by atoms with Crippen LogP contribution in [0.2, 0.25) is 5.02 Å². The monoisotopic (exact) mass is 269 g/mol. The Labute approximate surface area is 108 Å². The zero-order chi connectivity index (χ0) is 13.3. The van der Waals surface area contributed by atoms with Gasteiger partial charge in [0.2, 0.25) is 0 Å². The number of nitrogens with one attached hydrogen (secondary N) is 2. The SMILES string of the molecule is Cc1[nH]ncc1CNc1c(N)cc(N)c(Cl)c1F. The van der Waals surface area contributed by atoms with Crippen molar-refractivity contribution in [1.82, 2.24) is 10.2 Å². The Balaban J connectivity index is 2.25. The first-order chi connectivity index (χ1) is 8.50. The van der Waals surface area contributed by atoms with Crippen LogP contribution in [0.5, 0.6) is 0 Å². The second-order valence-electron chi connectivity index (χ2n) is 3.93. The molecule has 96 valence electrons. The Hall–Kier alpha value is -1.95. The number of nitrogen functional groups attached to an aromatic ring is 2. The summed E-state index contributed by atoms with van der Waals surface area (Å²) in [6.45, 7) is 2.27. The Bertz CT molecular complexity index is 581. The van der Waals surface area contributed by atoms with Crippen molar-refractivity contribution in [3.8, 4) is 0 Å². The van der Waals surface area contributed by atoms with Gasteiger partial charge in [-0.1, -0.05) is 11.6 Å². The predicted octanol–water partition coefficient (Wildman–Crippen LogP) is 2.29. The zero-order valence-electron chi connectivity index (χ0n) is 9.72. The van der Waals surface area contributed by atoms with Gasteiger partial charge in [-0.3, -0.25) is 5.10 Å². The molecule has 0 bridgehead atoms. The number of aromatic amines is 1. The first-order valence-corrected chi connectivity index (χ1v) is 5.64. The van der Waals surface area contributed by atoms with Gasteiger partial charge in [0.25, 0.3) is 0 Å². The number of nitrogens with zero attached hydrogens (tertiary/aromatic N) is 1. The molecule has 0 aliphatic carbocycles. The molecule has 0 saturated carbocycles. The first kappa shape index (κ1) is 12.5. The molecule has 0 fully saturated rings. The highest BCUT2D eigenvalue weighted by Gasteiger charge is 2.14. The van der Waals surface area contributed by atoms with Crippen LogP contribution in [0.4, 0.5) is 21.5 Å². The standard InChI is InChI=1S/C11H13ClFN5/c1-5-6(4-17-18-5)3-16-11-8(15)2-7(14)9(12)10(11)13/h2,4,16H,3,14-15H2,1H3,(H,17,18). The molecule has 2 rings (SSSR count). The summed E-state index contributed by atoms with van der Waals surface area (Å²) in [5, 5.41) is 9.43. The molecule has 0 atom stereocenters. The van der Waals surface area contributed by atoms with Crippen LogP contribution in [0.25, 0.3) is 0 Å². The molecule has 0 aliphatic heterocycles. The first-order valence-electron chi connectivity index (χ1n) is 5.26. The fourth-order valence-corrected chi connectivity index (χ4v) is 1.73. The molecule has 0 unspecified atom stereocenters. The summed E-state index contributed by atoms with van der Waals surface area (Å²) in [6, 6.07) is 1.43. The van der Waals surface area contributed by atoms with Gasteiger partial charge >= 0.3 is 0 Å². The fraction of sp³-hybridized carbons (Fsp3) is 0.182. The highest BCUT2D eigenvalue weighted by atomic mass is 35.5. The normalized spacial score (nSPS) is 10.6. The van der Waals surface area contributed by atoms with E-state index in [1.54, 1.807) is 6.20 Å². The molecule has 6 N–H and O–H groups in total. The highest BCUT2D eigenvalue weighted by Crippen LogP contribution is 2.33. The van der Waals surface area contributed by atoms with Crippen molar-refractivity contribution in [2.75, 3.05) is 16.8 Å². The second kappa shape index (κ2) is 4.73. The van der Waals surface area contributed by atoms with Crippen molar-refractivity contribution in [3.63, 3.8) is 0 Å². The smallest absolute Gasteiger partial charge is 0.169 e. The topological polar surface area (TPSA) is 92.8 Å². The number of hydrogen-bond acceptors (Lipinski definition) is 4. The maximum absolute atomic E-state index is 13.9. The third kappa shape index (κ3) is 2.19. The average molecular weight is 270 g/mol. The minimum absolute atomic E-state index is 0.122. The quantitative estimate of drug-likeness (QED) is 0.643. The van der Waals surface area contributed by atoms with E-state index in [2.05, 4.69) is 15.5 Å². The van der Waals surface area contributed by atoms with Crippen LogP contribution < -0.4 is 16.8 Å². The summed E-state index contributed by atoms with van der Waals surface area (Å²) < 4.78 is 13.9. The number of aromatic nitrogens is 2. The molecule has 0 radical (unpaired) electrons. The van der Waals surface area contributed by atoms with E-state index in [1.807, 2.05) is 6.92 Å². The van der Waals surface area contributed by atoms with Gasteiger partial charge in [0.15, 0.2) is 5.82 Å². The van der Waals surface area contributed by atoms with E-state index in [0.29, 0.717) is 6.54 Å². The Morgan fingerprint density at radius 2 is 2.17 bits per heavy atom. The van der Waals surface area contributed by atoms with Crippen molar-refractivity contribution in [1.29, 1.82) is 0 Å². The maximum Gasteiger partial charge on any atom is 0.169 e. The zero-order valence-corrected chi connectivity index (χ0v) is 10.5. The van der Waals surface area contributed by atoms with Crippen LogP contribution in [0.3, 0.4) is 0 Å². The number of rotatable bonds is 3. The molecule has 1 heterocycles. The molecular formula is C11H13ClFN5. The van der Waals surface area contributed by atoms with Crippen LogP contribution in [0.15, 0.2) is 12.3 Å². The second-order valence-corrected chi connectivity index (χ2v) is 4.31. The number of benzene rings is 1.